The van der Waals surface area contributed by atoms with Gasteiger partial charge in [-0.25, -0.2) is 14.4 Å². The molecule has 0 saturated carbocycles. The topological polar surface area (TPSA) is 68.0 Å². The maximum absolute atomic E-state index is 12.2. The summed E-state index contributed by atoms with van der Waals surface area (Å²) in [5.41, 5.74) is 2.72. The van der Waals surface area contributed by atoms with Gasteiger partial charge in [-0.05, 0) is 13.8 Å². The van der Waals surface area contributed by atoms with E-state index in [9.17, 15) is 4.79 Å². The first-order chi connectivity index (χ1) is 7.59. The molecule has 3 heterocycles. The molecule has 0 spiro atoms. The fourth-order valence-electron chi connectivity index (χ4n) is 1.89. The molecule has 0 amide bonds. The number of aryl methyl sites for hydroxylation is 3. The van der Waals surface area contributed by atoms with Crippen molar-refractivity contribution < 1.29 is 0 Å². The number of nitrogens with zero attached hydrogens (tertiary/aromatic N) is 4. The molecule has 3 rings (SSSR count). The zero-order chi connectivity index (χ0) is 11.4. The Balaban J connectivity index is 2.68. The van der Waals surface area contributed by atoms with Crippen LogP contribution in [0.3, 0.4) is 0 Å². The van der Waals surface area contributed by atoms with E-state index in [2.05, 4.69) is 15.0 Å². The van der Waals surface area contributed by atoms with Crippen LogP contribution < -0.4 is 5.56 Å². The van der Waals surface area contributed by atoms with Crippen molar-refractivity contribution >= 4 is 16.9 Å². The first-order valence-corrected chi connectivity index (χ1v) is 4.98. The molecule has 0 aliphatic carbocycles. The lowest BCUT2D eigenvalue weighted by molar-refractivity contribution is 0.927. The van der Waals surface area contributed by atoms with Gasteiger partial charge in [0.2, 0.25) is 5.78 Å². The molecule has 0 aliphatic heterocycles. The van der Waals surface area contributed by atoms with Crippen molar-refractivity contribution in [3.05, 3.63) is 28.1 Å². The van der Waals surface area contributed by atoms with Crippen molar-refractivity contribution in [3.8, 4) is 0 Å². The summed E-state index contributed by atoms with van der Waals surface area (Å²) in [6, 6.07) is 0. The number of H-pyrrole nitrogens is 1. The highest BCUT2D eigenvalue weighted by Gasteiger charge is 2.13. The summed E-state index contributed by atoms with van der Waals surface area (Å²) < 4.78 is 3.33. The molecule has 0 fully saturated rings. The van der Waals surface area contributed by atoms with Crippen LogP contribution in [0.1, 0.15) is 11.4 Å². The summed E-state index contributed by atoms with van der Waals surface area (Å²) in [6.45, 7) is 3.76. The maximum Gasteiger partial charge on any atom is 0.287 e. The molecule has 0 saturated heterocycles. The number of rotatable bonds is 0. The van der Waals surface area contributed by atoms with E-state index in [0.29, 0.717) is 16.9 Å². The van der Waals surface area contributed by atoms with Crippen molar-refractivity contribution in [2.45, 2.75) is 13.8 Å². The lowest BCUT2D eigenvalue weighted by Gasteiger charge is -1.97. The van der Waals surface area contributed by atoms with Gasteiger partial charge in [0.15, 0.2) is 5.52 Å². The van der Waals surface area contributed by atoms with E-state index in [-0.39, 0.29) is 5.56 Å². The Morgan fingerprint density at radius 1 is 1.38 bits per heavy atom. The van der Waals surface area contributed by atoms with Gasteiger partial charge in [0.05, 0.1) is 12.0 Å². The summed E-state index contributed by atoms with van der Waals surface area (Å²) in [7, 11) is 1.84. The average Bonchev–Trinajstić information content (AvgIpc) is 2.72. The molecular formula is C10H11N5O. The number of nitrogens with one attached hydrogen (secondary N) is 1. The molecule has 1 N–H and O–H groups in total. The van der Waals surface area contributed by atoms with Gasteiger partial charge in [-0.2, -0.15) is 0 Å². The quantitative estimate of drug-likeness (QED) is 0.597. The van der Waals surface area contributed by atoms with Gasteiger partial charge in [-0.3, -0.25) is 4.79 Å². The molecule has 16 heavy (non-hydrogen) atoms. The molecule has 0 bridgehead atoms. The van der Waals surface area contributed by atoms with Gasteiger partial charge in [-0.15, -0.1) is 0 Å². The van der Waals surface area contributed by atoms with Crippen molar-refractivity contribution in [2.24, 2.45) is 7.05 Å². The van der Waals surface area contributed by atoms with Crippen LogP contribution in [-0.2, 0) is 7.05 Å². The summed E-state index contributed by atoms with van der Waals surface area (Å²) in [6.07, 6.45) is 1.62. The Morgan fingerprint density at radius 3 is 2.88 bits per heavy atom. The second-order valence-corrected chi connectivity index (χ2v) is 3.92. The van der Waals surface area contributed by atoms with E-state index in [4.69, 9.17) is 0 Å². The van der Waals surface area contributed by atoms with Crippen LogP contribution in [0.5, 0.6) is 0 Å². The minimum atomic E-state index is -0.123. The third-order valence-corrected chi connectivity index (χ3v) is 2.92. The van der Waals surface area contributed by atoms with E-state index in [1.165, 1.54) is 0 Å². The Bertz CT molecular complexity index is 761. The van der Waals surface area contributed by atoms with Crippen LogP contribution in [0.2, 0.25) is 0 Å². The molecule has 0 aromatic carbocycles. The minimum Gasteiger partial charge on any atom is -0.320 e. The lowest BCUT2D eigenvalue weighted by Crippen LogP contribution is -2.15. The SMILES string of the molecule is Cc1nc2[nH]c3c(ncn3C)c(=O)n2c1C. The summed E-state index contributed by atoms with van der Waals surface area (Å²) >= 11 is 0. The van der Waals surface area contributed by atoms with Crippen molar-refractivity contribution in [1.29, 1.82) is 0 Å². The predicted molar refractivity (Wildman–Crippen MR) is 59.6 cm³/mol. The lowest BCUT2D eigenvalue weighted by atomic mass is 10.4. The highest BCUT2D eigenvalue weighted by molar-refractivity contribution is 5.71. The number of aromatic amines is 1. The van der Waals surface area contributed by atoms with Gasteiger partial charge in [0.25, 0.3) is 5.56 Å². The van der Waals surface area contributed by atoms with E-state index in [1.807, 2.05) is 20.9 Å². The molecule has 0 radical (unpaired) electrons. The van der Waals surface area contributed by atoms with Crippen LogP contribution in [0.25, 0.3) is 16.9 Å². The van der Waals surface area contributed by atoms with Gasteiger partial charge in [-0.1, -0.05) is 0 Å². The fraction of sp³-hybridized carbons (Fsp3) is 0.300. The largest absolute Gasteiger partial charge is 0.320 e. The molecule has 3 aromatic rings. The van der Waals surface area contributed by atoms with E-state index in [1.54, 1.807) is 15.3 Å². The van der Waals surface area contributed by atoms with Crippen LogP contribution in [-0.4, -0.2) is 23.9 Å². The summed E-state index contributed by atoms with van der Waals surface area (Å²) in [4.78, 5) is 23.7. The third kappa shape index (κ3) is 0.932. The Kier molecular flexibility index (Phi) is 1.55. The summed E-state index contributed by atoms with van der Waals surface area (Å²) in [5.74, 6) is 0.566. The van der Waals surface area contributed by atoms with E-state index < -0.39 is 0 Å². The minimum absolute atomic E-state index is 0.123. The van der Waals surface area contributed by atoms with Crippen LogP contribution in [0, 0.1) is 13.8 Å². The summed E-state index contributed by atoms with van der Waals surface area (Å²) in [5, 5.41) is 0. The van der Waals surface area contributed by atoms with Gasteiger partial charge in [0, 0.05) is 12.7 Å². The number of hydrogen-bond acceptors (Lipinski definition) is 3. The molecule has 0 unspecified atom stereocenters. The van der Waals surface area contributed by atoms with E-state index in [0.717, 1.165) is 11.4 Å². The zero-order valence-corrected chi connectivity index (χ0v) is 9.27. The molecule has 0 atom stereocenters. The number of aromatic nitrogens is 5. The van der Waals surface area contributed by atoms with Gasteiger partial charge < -0.3 is 9.55 Å². The number of hydrogen-bond donors (Lipinski definition) is 1. The second kappa shape index (κ2) is 2.72. The molecule has 6 nitrogen and oxygen atoms in total. The van der Waals surface area contributed by atoms with Crippen molar-refractivity contribution in [2.75, 3.05) is 0 Å². The molecule has 6 heteroatoms. The molecule has 82 valence electrons. The first-order valence-electron chi connectivity index (χ1n) is 4.98. The molecule has 0 aliphatic rings. The predicted octanol–water partition coefficient (Wildman–Crippen LogP) is 0.526. The van der Waals surface area contributed by atoms with E-state index >= 15 is 0 Å². The van der Waals surface area contributed by atoms with Crippen LogP contribution in [0.15, 0.2) is 11.1 Å². The molecular weight excluding hydrogens is 206 g/mol. The molecule has 3 aromatic heterocycles. The number of imidazole rings is 2. The van der Waals surface area contributed by atoms with Crippen molar-refractivity contribution in [3.63, 3.8) is 0 Å². The Labute approximate surface area is 90.6 Å². The second-order valence-electron chi connectivity index (χ2n) is 3.92. The van der Waals surface area contributed by atoms with Crippen LogP contribution >= 0.6 is 0 Å². The zero-order valence-electron chi connectivity index (χ0n) is 9.27. The smallest absolute Gasteiger partial charge is 0.287 e. The average molecular weight is 217 g/mol. The third-order valence-electron chi connectivity index (χ3n) is 2.92. The van der Waals surface area contributed by atoms with Gasteiger partial charge >= 0.3 is 0 Å². The highest BCUT2D eigenvalue weighted by Crippen LogP contribution is 2.10. The standard InChI is InChI=1S/C10H11N5O/c1-5-6(2)15-9(16)7-8(13-10(15)12-5)14(3)4-11-7/h4H,1-3H3,(H,12,13). The van der Waals surface area contributed by atoms with Gasteiger partial charge in [0.1, 0.15) is 5.65 Å². The highest BCUT2D eigenvalue weighted by atomic mass is 16.1. The first kappa shape index (κ1) is 9.14. The maximum atomic E-state index is 12.2. The monoisotopic (exact) mass is 217 g/mol. The van der Waals surface area contributed by atoms with Crippen LogP contribution in [0.4, 0.5) is 0 Å². The van der Waals surface area contributed by atoms with Crippen molar-refractivity contribution in [1.82, 2.24) is 23.9 Å². The number of fused-ring (bicyclic) bond motifs is 2. The Hall–Kier alpha value is -2.11. The Morgan fingerprint density at radius 2 is 2.12 bits per heavy atom. The fourth-order valence-corrected chi connectivity index (χ4v) is 1.89. The normalized spacial score (nSPS) is 11.7.